The number of aliphatic hydroxyl groups excluding tert-OH is 1. The second kappa shape index (κ2) is 7.08. The number of ether oxygens (including phenoxy) is 1. The minimum absolute atomic E-state index is 0.0526. The van der Waals surface area contributed by atoms with Gasteiger partial charge in [0.05, 0.1) is 24.9 Å². The fourth-order valence-electron chi connectivity index (χ4n) is 3.53. The van der Waals surface area contributed by atoms with E-state index in [-0.39, 0.29) is 24.5 Å². The third kappa shape index (κ3) is 3.13. The van der Waals surface area contributed by atoms with Gasteiger partial charge in [0.25, 0.3) is 0 Å². The number of aromatic hydroxyl groups is 1. The Morgan fingerprint density at radius 2 is 2.21 bits per heavy atom. The summed E-state index contributed by atoms with van der Waals surface area (Å²) in [6.07, 6.45) is 2.68. The number of fused-ring (bicyclic) bond motifs is 1. The Morgan fingerprint density at radius 1 is 1.39 bits per heavy atom. The molecule has 146 valence electrons. The second-order valence-corrected chi connectivity index (χ2v) is 6.59. The molecule has 1 fully saturated rings. The van der Waals surface area contributed by atoms with Gasteiger partial charge in [0.2, 0.25) is 0 Å². The van der Waals surface area contributed by atoms with E-state index in [4.69, 9.17) is 4.74 Å². The van der Waals surface area contributed by atoms with Crippen molar-refractivity contribution in [3.63, 3.8) is 0 Å². The van der Waals surface area contributed by atoms with Crippen molar-refractivity contribution in [1.82, 2.24) is 14.6 Å². The molecule has 0 aliphatic carbocycles. The largest absolute Gasteiger partial charge is 0.508 e. The summed E-state index contributed by atoms with van der Waals surface area (Å²) in [4.78, 5) is 18.4. The first-order valence-electron chi connectivity index (χ1n) is 8.92. The van der Waals surface area contributed by atoms with Gasteiger partial charge < -0.3 is 19.8 Å². The van der Waals surface area contributed by atoms with Crippen LogP contribution in [0.4, 0.5) is 10.2 Å². The van der Waals surface area contributed by atoms with Gasteiger partial charge in [-0.2, -0.15) is 5.10 Å². The number of nitrogens with zero attached hydrogens (tertiary/aromatic N) is 4. The molecule has 1 unspecified atom stereocenters. The van der Waals surface area contributed by atoms with Gasteiger partial charge in [-0.15, -0.1) is 0 Å². The molecule has 0 bridgehead atoms. The number of aliphatic hydroxyl groups is 1. The van der Waals surface area contributed by atoms with Crippen LogP contribution in [0, 0.1) is 5.82 Å². The lowest BCUT2D eigenvalue weighted by atomic mass is 10.0. The number of halogens is 1. The van der Waals surface area contributed by atoms with Crippen molar-refractivity contribution >= 4 is 17.4 Å². The molecule has 1 aromatic carbocycles. The molecule has 0 amide bonds. The molecule has 3 aromatic rings. The first-order valence-corrected chi connectivity index (χ1v) is 8.92. The number of rotatable bonds is 4. The Kier molecular flexibility index (Phi) is 4.60. The summed E-state index contributed by atoms with van der Waals surface area (Å²) in [7, 11) is 0. The molecule has 0 radical (unpaired) electrons. The summed E-state index contributed by atoms with van der Waals surface area (Å²) >= 11 is 0. The third-order valence-electron chi connectivity index (χ3n) is 4.77. The van der Waals surface area contributed by atoms with Crippen molar-refractivity contribution in [2.75, 3.05) is 18.1 Å². The van der Waals surface area contributed by atoms with Crippen LogP contribution in [-0.2, 0) is 4.74 Å². The zero-order chi connectivity index (χ0) is 19.8. The topological polar surface area (TPSA) is 100 Å². The molecule has 2 atom stereocenters. The van der Waals surface area contributed by atoms with E-state index in [0.29, 0.717) is 23.4 Å². The number of β-amino-alcohol motifs (C(OH)–C–C–N with tert-alkyl or cyclic N) is 1. The lowest BCUT2D eigenvalue weighted by Gasteiger charge is -2.26. The number of hydrogen-bond acceptors (Lipinski definition) is 7. The third-order valence-corrected chi connectivity index (χ3v) is 4.77. The van der Waals surface area contributed by atoms with E-state index >= 15 is 0 Å². The predicted octanol–water partition coefficient (Wildman–Crippen LogP) is 2.06. The standard InChI is InChI=1S/C19H19FN4O4/c1-2-28-19(27)14-9-21-24-6-5-17(22-18(14)24)23-10-12(25)8-15(23)13-7-11(20)3-4-16(13)26/h3-7,9,12,15,25-26H,2,8,10H2,1H3/t12?,15-/m1/s1. The fraction of sp³-hybridized carbons (Fsp3) is 0.316. The molecule has 1 saturated heterocycles. The highest BCUT2D eigenvalue weighted by atomic mass is 19.1. The summed E-state index contributed by atoms with van der Waals surface area (Å²) in [5, 5.41) is 24.5. The van der Waals surface area contributed by atoms with E-state index in [2.05, 4.69) is 10.1 Å². The van der Waals surface area contributed by atoms with Crippen molar-refractivity contribution in [3.05, 3.63) is 53.6 Å². The van der Waals surface area contributed by atoms with Crippen LogP contribution in [0.25, 0.3) is 5.65 Å². The average molecular weight is 386 g/mol. The molecule has 3 heterocycles. The van der Waals surface area contributed by atoms with Crippen LogP contribution >= 0.6 is 0 Å². The van der Waals surface area contributed by atoms with E-state index in [9.17, 15) is 19.4 Å². The Balaban J connectivity index is 1.76. The van der Waals surface area contributed by atoms with Gasteiger partial charge in [-0.05, 0) is 37.6 Å². The van der Waals surface area contributed by atoms with Crippen LogP contribution in [0.2, 0.25) is 0 Å². The molecule has 28 heavy (non-hydrogen) atoms. The number of anilines is 1. The fourth-order valence-corrected chi connectivity index (χ4v) is 3.53. The number of carbonyl (C=O) groups is 1. The lowest BCUT2D eigenvalue weighted by molar-refractivity contribution is 0.0528. The zero-order valence-electron chi connectivity index (χ0n) is 15.1. The first kappa shape index (κ1) is 18.2. The van der Waals surface area contributed by atoms with Gasteiger partial charge in [0.15, 0.2) is 5.65 Å². The number of benzene rings is 1. The first-order chi connectivity index (χ1) is 13.5. The molecular formula is C19H19FN4O4. The molecule has 0 saturated carbocycles. The molecule has 9 heteroatoms. The number of hydrogen-bond donors (Lipinski definition) is 2. The normalized spacial score (nSPS) is 19.3. The Bertz CT molecular complexity index is 1040. The highest BCUT2D eigenvalue weighted by molar-refractivity contribution is 5.95. The van der Waals surface area contributed by atoms with Crippen molar-refractivity contribution in [2.24, 2.45) is 0 Å². The summed E-state index contributed by atoms with van der Waals surface area (Å²) in [5.74, 6) is -0.576. The maximum absolute atomic E-state index is 13.7. The number of phenols is 1. The van der Waals surface area contributed by atoms with Crippen LogP contribution in [0.1, 0.15) is 35.3 Å². The highest BCUT2D eigenvalue weighted by Crippen LogP contribution is 2.39. The molecule has 8 nitrogen and oxygen atoms in total. The molecule has 2 N–H and O–H groups in total. The van der Waals surface area contributed by atoms with Gasteiger partial charge >= 0.3 is 5.97 Å². The molecule has 0 spiro atoms. The maximum atomic E-state index is 13.7. The Labute approximate surface area is 159 Å². The maximum Gasteiger partial charge on any atom is 0.343 e. The van der Waals surface area contributed by atoms with Crippen LogP contribution in [0.15, 0.2) is 36.7 Å². The quantitative estimate of drug-likeness (QED) is 0.662. The molecule has 2 aromatic heterocycles. The van der Waals surface area contributed by atoms with E-state index < -0.39 is 23.9 Å². The second-order valence-electron chi connectivity index (χ2n) is 6.59. The van der Waals surface area contributed by atoms with Gasteiger partial charge in [0.1, 0.15) is 22.9 Å². The summed E-state index contributed by atoms with van der Waals surface area (Å²) in [6.45, 7) is 2.20. The van der Waals surface area contributed by atoms with Crippen LogP contribution in [0.3, 0.4) is 0 Å². The minimum atomic E-state index is -0.667. The average Bonchev–Trinajstić information content (AvgIpc) is 3.26. The zero-order valence-corrected chi connectivity index (χ0v) is 15.1. The number of esters is 1. The van der Waals surface area contributed by atoms with Gasteiger partial charge in [-0.1, -0.05) is 0 Å². The minimum Gasteiger partial charge on any atom is -0.508 e. The van der Waals surface area contributed by atoms with Crippen LogP contribution in [-0.4, -0.2) is 50.0 Å². The van der Waals surface area contributed by atoms with Crippen molar-refractivity contribution < 1.29 is 24.1 Å². The summed E-state index contributed by atoms with van der Waals surface area (Å²) < 4.78 is 20.2. The van der Waals surface area contributed by atoms with Gasteiger partial charge in [-0.25, -0.2) is 18.7 Å². The monoisotopic (exact) mass is 386 g/mol. The number of carbonyl (C=O) groups excluding carboxylic acids is 1. The molecule has 1 aliphatic rings. The van der Waals surface area contributed by atoms with E-state index in [0.717, 1.165) is 0 Å². The number of phenolic OH excluding ortho intramolecular Hbond substituents is 1. The Hall–Kier alpha value is -3.20. The van der Waals surface area contributed by atoms with Crippen LogP contribution in [0.5, 0.6) is 5.75 Å². The van der Waals surface area contributed by atoms with E-state index in [1.807, 2.05) is 0 Å². The molecular weight excluding hydrogens is 367 g/mol. The summed E-state index contributed by atoms with van der Waals surface area (Å²) in [6, 6.07) is 4.95. The van der Waals surface area contributed by atoms with Gasteiger partial charge in [-0.3, -0.25) is 0 Å². The predicted molar refractivity (Wildman–Crippen MR) is 97.7 cm³/mol. The van der Waals surface area contributed by atoms with Gasteiger partial charge in [0, 0.05) is 18.3 Å². The molecule has 4 rings (SSSR count). The number of aromatic nitrogens is 3. The smallest absolute Gasteiger partial charge is 0.343 e. The Morgan fingerprint density at radius 3 is 3.00 bits per heavy atom. The highest BCUT2D eigenvalue weighted by Gasteiger charge is 2.35. The van der Waals surface area contributed by atoms with E-state index in [1.165, 1.54) is 28.9 Å². The SMILES string of the molecule is CCOC(=O)c1cnn2ccc(N3CC(O)C[C@@H]3c3cc(F)ccc3O)nc12. The molecule has 1 aliphatic heterocycles. The van der Waals surface area contributed by atoms with Crippen molar-refractivity contribution in [3.8, 4) is 5.75 Å². The summed E-state index contributed by atoms with van der Waals surface area (Å²) in [5.41, 5.74) is 0.922. The lowest BCUT2D eigenvalue weighted by Crippen LogP contribution is -2.25. The van der Waals surface area contributed by atoms with Crippen LogP contribution < -0.4 is 4.90 Å². The van der Waals surface area contributed by atoms with Crippen molar-refractivity contribution in [2.45, 2.75) is 25.5 Å². The van der Waals surface area contributed by atoms with E-state index in [1.54, 1.807) is 24.1 Å². The van der Waals surface area contributed by atoms with Crippen molar-refractivity contribution in [1.29, 1.82) is 0 Å².